The minimum Gasteiger partial charge on any atom is -0.359 e. The van der Waals surface area contributed by atoms with Gasteiger partial charge in [-0.25, -0.2) is 15.8 Å². The van der Waals surface area contributed by atoms with E-state index in [-0.39, 0.29) is 5.92 Å². The lowest BCUT2D eigenvalue weighted by molar-refractivity contribution is 0.755. The second-order valence-electron chi connectivity index (χ2n) is 4.95. The topological polar surface area (TPSA) is 67.1 Å². The summed E-state index contributed by atoms with van der Waals surface area (Å²) in [6.07, 6.45) is 3.27. The van der Waals surface area contributed by atoms with E-state index in [1.807, 2.05) is 18.7 Å². The van der Waals surface area contributed by atoms with Crippen LogP contribution in [0.25, 0.3) is 0 Å². The number of nitrogens with zero attached hydrogens (tertiary/aromatic N) is 3. The predicted octanol–water partition coefficient (Wildman–Crippen LogP) is 2.38. The molecule has 0 unspecified atom stereocenters. The van der Waals surface area contributed by atoms with Crippen LogP contribution in [0.3, 0.4) is 0 Å². The quantitative estimate of drug-likeness (QED) is 0.455. The third-order valence-corrected chi connectivity index (χ3v) is 3.69. The van der Waals surface area contributed by atoms with Gasteiger partial charge < -0.3 is 10.3 Å². The van der Waals surface area contributed by atoms with Crippen molar-refractivity contribution in [3.63, 3.8) is 0 Å². The Hall–Kier alpha value is -1.01. The van der Waals surface area contributed by atoms with Gasteiger partial charge >= 0.3 is 0 Å². The van der Waals surface area contributed by atoms with Crippen molar-refractivity contribution in [2.75, 3.05) is 35.9 Å². The van der Waals surface area contributed by atoms with Gasteiger partial charge in [-0.2, -0.15) is 11.8 Å². The van der Waals surface area contributed by atoms with Crippen molar-refractivity contribution in [3.05, 3.63) is 11.4 Å². The molecule has 0 aliphatic heterocycles. The molecule has 0 aliphatic carbocycles. The van der Waals surface area contributed by atoms with E-state index < -0.39 is 0 Å². The zero-order valence-corrected chi connectivity index (χ0v) is 13.3. The Morgan fingerprint density at radius 1 is 1.37 bits per heavy atom. The summed E-state index contributed by atoms with van der Waals surface area (Å²) in [5.41, 5.74) is 3.67. The number of thioether (sulfide) groups is 1. The lowest BCUT2D eigenvalue weighted by atomic mass is 10.2. The summed E-state index contributed by atoms with van der Waals surface area (Å²) in [6.45, 7) is 7.16. The minimum absolute atomic E-state index is 0.283. The van der Waals surface area contributed by atoms with Gasteiger partial charge in [-0.1, -0.05) is 13.8 Å². The van der Waals surface area contributed by atoms with Crippen molar-refractivity contribution in [2.24, 2.45) is 5.84 Å². The van der Waals surface area contributed by atoms with Crippen molar-refractivity contribution >= 4 is 23.4 Å². The van der Waals surface area contributed by atoms with Gasteiger partial charge in [-0.05, 0) is 25.4 Å². The molecule has 0 atom stereocenters. The number of hydrogen-bond acceptors (Lipinski definition) is 6. The largest absolute Gasteiger partial charge is 0.359 e. The van der Waals surface area contributed by atoms with Crippen molar-refractivity contribution < 1.29 is 0 Å². The van der Waals surface area contributed by atoms with Gasteiger partial charge in [0, 0.05) is 25.1 Å². The maximum atomic E-state index is 5.55. The van der Waals surface area contributed by atoms with Crippen LogP contribution in [0.4, 0.5) is 11.6 Å². The highest BCUT2D eigenvalue weighted by molar-refractivity contribution is 7.98. The first-order valence-electron chi connectivity index (χ1n) is 6.56. The fraction of sp³-hybridized carbons (Fsp3) is 0.692. The Labute approximate surface area is 120 Å². The molecule has 0 aliphatic rings. The number of nitrogen functional groups attached to an aromatic ring is 1. The Morgan fingerprint density at radius 2 is 2.05 bits per heavy atom. The maximum absolute atomic E-state index is 5.55. The first-order chi connectivity index (χ1) is 9.01. The van der Waals surface area contributed by atoms with Gasteiger partial charge in [0.25, 0.3) is 0 Å². The van der Waals surface area contributed by atoms with E-state index in [9.17, 15) is 0 Å². The molecule has 1 heterocycles. The van der Waals surface area contributed by atoms with Crippen LogP contribution in [-0.4, -0.2) is 35.6 Å². The number of nitrogens with one attached hydrogen (secondary N) is 1. The molecule has 0 saturated heterocycles. The molecule has 0 amide bonds. The Kier molecular flexibility index (Phi) is 6.37. The predicted molar refractivity (Wildman–Crippen MR) is 84.9 cm³/mol. The number of hydrogen-bond donors (Lipinski definition) is 2. The van der Waals surface area contributed by atoms with Crippen molar-refractivity contribution in [1.29, 1.82) is 0 Å². The first kappa shape index (κ1) is 16.0. The van der Waals surface area contributed by atoms with Gasteiger partial charge in [-0.3, -0.25) is 0 Å². The molecule has 0 aromatic carbocycles. The maximum Gasteiger partial charge on any atom is 0.148 e. The van der Waals surface area contributed by atoms with Gasteiger partial charge in [0.05, 0.1) is 0 Å². The summed E-state index contributed by atoms with van der Waals surface area (Å²) in [4.78, 5) is 11.3. The molecule has 3 N–H and O–H groups in total. The zero-order chi connectivity index (χ0) is 14.4. The van der Waals surface area contributed by atoms with Gasteiger partial charge in [0.2, 0.25) is 0 Å². The molecule has 1 aromatic heterocycles. The van der Waals surface area contributed by atoms with E-state index in [2.05, 4.69) is 47.4 Å². The summed E-state index contributed by atoms with van der Waals surface area (Å²) in [6, 6.07) is 0. The summed E-state index contributed by atoms with van der Waals surface area (Å²) in [7, 11) is 2.07. The SMILES string of the molecule is CSCCCN(C)c1nc(C(C)C)nc(NN)c1C. The molecule has 108 valence electrons. The first-order valence-corrected chi connectivity index (χ1v) is 7.95. The molecule has 1 rings (SSSR count). The highest BCUT2D eigenvalue weighted by Gasteiger charge is 2.15. The summed E-state index contributed by atoms with van der Waals surface area (Å²) < 4.78 is 0. The minimum atomic E-state index is 0.283. The van der Waals surface area contributed by atoms with E-state index in [4.69, 9.17) is 5.84 Å². The number of anilines is 2. The zero-order valence-electron chi connectivity index (χ0n) is 12.5. The standard InChI is InChI=1S/C13H25N5S/c1-9(2)11-15-12(17-14)10(3)13(16-11)18(4)7-6-8-19-5/h9H,6-8,14H2,1-5H3,(H,15,16,17). The van der Waals surface area contributed by atoms with Crippen LogP contribution in [0.2, 0.25) is 0 Å². The fourth-order valence-corrected chi connectivity index (χ4v) is 2.26. The van der Waals surface area contributed by atoms with E-state index in [1.54, 1.807) is 0 Å². The number of nitrogens with two attached hydrogens (primary N) is 1. The molecule has 0 saturated carbocycles. The van der Waals surface area contributed by atoms with E-state index in [0.29, 0.717) is 5.82 Å². The van der Waals surface area contributed by atoms with E-state index in [0.717, 1.165) is 35.9 Å². The van der Waals surface area contributed by atoms with Crippen molar-refractivity contribution in [3.8, 4) is 0 Å². The van der Waals surface area contributed by atoms with E-state index in [1.165, 1.54) is 0 Å². The Bertz CT molecular complexity index is 408. The van der Waals surface area contributed by atoms with Crippen LogP contribution < -0.4 is 16.2 Å². The smallest absolute Gasteiger partial charge is 0.148 e. The normalized spacial score (nSPS) is 10.9. The van der Waals surface area contributed by atoms with Gasteiger partial charge in [0.15, 0.2) is 0 Å². The molecule has 1 aromatic rings. The second-order valence-corrected chi connectivity index (χ2v) is 5.93. The fourth-order valence-electron chi connectivity index (χ4n) is 1.84. The third kappa shape index (κ3) is 4.24. The number of rotatable bonds is 7. The molecule has 0 spiro atoms. The molecule has 0 fully saturated rings. The van der Waals surface area contributed by atoms with Gasteiger partial charge in [-0.15, -0.1) is 0 Å². The number of hydrazine groups is 1. The highest BCUT2D eigenvalue weighted by atomic mass is 32.2. The van der Waals surface area contributed by atoms with Crippen LogP contribution >= 0.6 is 11.8 Å². The van der Waals surface area contributed by atoms with Crippen LogP contribution in [-0.2, 0) is 0 Å². The van der Waals surface area contributed by atoms with Crippen molar-refractivity contribution in [2.45, 2.75) is 33.1 Å². The second kappa shape index (κ2) is 7.55. The van der Waals surface area contributed by atoms with Crippen molar-refractivity contribution in [1.82, 2.24) is 9.97 Å². The van der Waals surface area contributed by atoms with Crippen LogP contribution in [0, 0.1) is 6.92 Å². The summed E-state index contributed by atoms with van der Waals surface area (Å²) in [5, 5.41) is 0. The lowest BCUT2D eigenvalue weighted by Gasteiger charge is -2.22. The summed E-state index contributed by atoms with van der Waals surface area (Å²) in [5.74, 6) is 9.50. The van der Waals surface area contributed by atoms with Crippen LogP contribution in [0.15, 0.2) is 0 Å². The molecule has 5 nitrogen and oxygen atoms in total. The lowest BCUT2D eigenvalue weighted by Crippen LogP contribution is -2.24. The summed E-state index contributed by atoms with van der Waals surface area (Å²) >= 11 is 1.87. The molecular formula is C13H25N5S. The molecule has 0 bridgehead atoms. The average molecular weight is 283 g/mol. The molecule has 0 radical (unpaired) electrons. The highest BCUT2D eigenvalue weighted by Crippen LogP contribution is 2.25. The monoisotopic (exact) mass is 283 g/mol. The third-order valence-electron chi connectivity index (χ3n) is 2.99. The number of aromatic nitrogens is 2. The van der Waals surface area contributed by atoms with Crippen LogP contribution in [0.5, 0.6) is 0 Å². The van der Waals surface area contributed by atoms with E-state index >= 15 is 0 Å². The Morgan fingerprint density at radius 3 is 2.58 bits per heavy atom. The average Bonchev–Trinajstić information content (AvgIpc) is 2.38. The molecular weight excluding hydrogens is 258 g/mol. The molecule has 19 heavy (non-hydrogen) atoms. The van der Waals surface area contributed by atoms with Gasteiger partial charge in [0.1, 0.15) is 17.5 Å². The molecule has 6 heteroatoms. The Balaban J connectivity index is 3.00. The van der Waals surface area contributed by atoms with Crippen LogP contribution in [0.1, 0.15) is 37.6 Å².